The van der Waals surface area contributed by atoms with E-state index in [4.69, 9.17) is 10.5 Å². The van der Waals surface area contributed by atoms with E-state index in [1.165, 1.54) is 0 Å². The Kier molecular flexibility index (Phi) is 3.52. The molecule has 1 fully saturated rings. The van der Waals surface area contributed by atoms with E-state index >= 15 is 0 Å². The van der Waals surface area contributed by atoms with Gasteiger partial charge in [0, 0.05) is 24.9 Å². The van der Waals surface area contributed by atoms with Crippen molar-refractivity contribution in [2.24, 2.45) is 11.7 Å². The summed E-state index contributed by atoms with van der Waals surface area (Å²) in [7, 11) is 0. The number of ether oxygens (including phenoxy) is 1. The summed E-state index contributed by atoms with van der Waals surface area (Å²) in [6.07, 6.45) is 6.30. The van der Waals surface area contributed by atoms with Gasteiger partial charge >= 0.3 is 0 Å². The van der Waals surface area contributed by atoms with Crippen LogP contribution in [0, 0.1) is 5.92 Å². The van der Waals surface area contributed by atoms with Crippen LogP contribution in [0.15, 0.2) is 30.9 Å². The topological polar surface area (TPSA) is 78.9 Å². The molecule has 100 valence electrons. The maximum atomic E-state index is 6.32. The van der Waals surface area contributed by atoms with Crippen molar-refractivity contribution < 1.29 is 4.74 Å². The van der Waals surface area contributed by atoms with Crippen molar-refractivity contribution in [3.05, 3.63) is 42.2 Å². The van der Waals surface area contributed by atoms with Gasteiger partial charge in [-0.15, -0.1) is 0 Å². The van der Waals surface area contributed by atoms with Gasteiger partial charge in [-0.05, 0) is 18.6 Å². The molecule has 0 bridgehead atoms. The van der Waals surface area contributed by atoms with Gasteiger partial charge in [0.25, 0.3) is 0 Å². The van der Waals surface area contributed by atoms with E-state index in [0.717, 1.165) is 31.0 Å². The molecule has 0 radical (unpaired) electrons. The zero-order chi connectivity index (χ0) is 13.1. The minimum Gasteiger partial charge on any atom is -0.381 e. The summed E-state index contributed by atoms with van der Waals surface area (Å²) in [5, 5.41) is 7.97. The lowest BCUT2D eigenvalue weighted by Crippen LogP contribution is -2.24. The van der Waals surface area contributed by atoms with Crippen LogP contribution in [-0.4, -0.2) is 33.0 Å². The van der Waals surface area contributed by atoms with Crippen molar-refractivity contribution in [3.63, 3.8) is 0 Å². The molecule has 0 aliphatic carbocycles. The Bertz CT molecular complexity index is 521. The van der Waals surface area contributed by atoms with Crippen LogP contribution in [0.4, 0.5) is 0 Å². The summed E-state index contributed by atoms with van der Waals surface area (Å²) >= 11 is 0. The largest absolute Gasteiger partial charge is 0.381 e. The molecule has 0 spiro atoms. The molecular formula is C13H17N5O. The predicted molar refractivity (Wildman–Crippen MR) is 69.2 cm³/mol. The van der Waals surface area contributed by atoms with Crippen LogP contribution < -0.4 is 5.73 Å². The van der Waals surface area contributed by atoms with Crippen molar-refractivity contribution in [1.82, 2.24) is 19.7 Å². The lowest BCUT2D eigenvalue weighted by atomic mass is 9.97. The van der Waals surface area contributed by atoms with Gasteiger partial charge in [0.15, 0.2) is 0 Å². The molecule has 19 heavy (non-hydrogen) atoms. The molecule has 1 aliphatic rings. The van der Waals surface area contributed by atoms with E-state index in [1.54, 1.807) is 12.5 Å². The summed E-state index contributed by atoms with van der Waals surface area (Å²) in [4.78, 5) is 4.20. The Labute approximate surface area is 111 Å². The molecule has 0 aromatic carbocycles. The first kappa shape index (κ1) is 12.3. The van der Waals surface area contributed by atoms with Gasteiger partial charge in [0.2, 0.25) is 0 Å². The van der Waals surface area contributed by atoms with E-state index in [0.29, 0.717) is 12.5 Å². The summed E-state index contributed by atoms with van der Waals surface area (Å²) in [5.74, 6) is 0.373. The average Bonchev–Trinajstić information content (AvgIpc) is 3.10. The molecule has 2 atom stereocenters. The van der Waals surface area contributed by atoms with Crippen LogP contribution in [0.3, 0.4) is 0 Å². The summed E-state index contributed by atoms with van der Waals surface area (Å²) < 4.78 is 7.44. The van der Waals surface area contributed by atoms with Crippen molar-refractivity contribution in [1.29, 1.82) is 0 Å². The fraction of sp³-hybridized carbons (Fsp3) is 0.462. The van der Waals surface area contributed by atoms with Gasteiger partial charge in [-0.2, -0.15) is 10.2 Å². The number of aromatic nitrogens is 4. The third-order valence-electron chi connectivity index (χ3n) is 3.52. The summed E-state index contributed by atoms with van der Waals surface area (Å²) in [5.41, 5.74) is 8.25. The first-order valence-corrected chi connectivity index (χ1v) is 6.44. The summed E-state index contributed by atoms with van der Waals surface area (Å²) in [6, 6.07) is 3.78. The highest BCUT2D eigenvalue weighted by Gasteiger charge is 2.26. The fourth-order valence-electron chi connectivity index (χ4n) is 2.41. The standard InChI is InChI=1S/C13H17N5O/c14-13(10-3-5-19-8-10)12-6-15-9-18(12)7-11-2-1-4-16-17-11/h1-2,4,6,9-10,13H,3,5,7-8,14H2. The Morgan fingerprint density at radius 1 is 1.53 bits per heavy atom. The molecule has 6 heteroatoms. The van der Waals surface area contributed by atoms with Gasteiger partial charge in [0.1, 0.15) is 0 Å². The lowest BCUT2D eigenvalue weighted by Gasteiger charge is -2.19. The van der Waals surface area contributed by atoms with Crippen LogP contribution >= 0.6 is 0 Å². The SMILES string of the molecule is NC(c1cncn1Cc1cccnn1)C1CCOC1. The molecule has 2 aromatic heterocycles. The number of hydrogen-bond acceptors (Lipinski definition) is 5. The molecule has 1 saturated heterocycles. The first-order valence-electron chi connectivity index (χ1n) is 6.44. The fourth-order valence-corrected chi connectivity index (χ4v) is 2.41. The van der Waals surface area contributed by atoms with E-state index in [-0.39, 0.29) is 6.04 Å². The van der Waals surface area contributed by atoms with Crippen LogP contribution in [0.1, 0.15) is 23.9 Å². The highest BCUT2D eigenvalue weighted by atomic mass is 16.5. The van der Waals surface area contributed by atoms with E-state index in [1.807, 2.05) is 22.9 Å². The van der Waals surface area contributed by atoms with Gasteiger partial charge in [-0.1, -0.05) is 0 Å². The quantitative estimate of drug-likeness (QED) is 0.876. The normalized spacial score (nSPS) is 20.6. The zero-order valence-corrected chi connectivity index (χ0v) is 10.6. The van der Waals surface area contributed by atoms with Gasteiger partial charge in [-0.25, -0.2) is 4.98 Å². The van der Waals surface area contributed by atoms with Gasteiger partial charge in [-0.3, -0.25) is 0 Å². The smallest absolute Gasteiger partial charge is 0.0952 e. The van der Waals surface area contributed by atoms with E-state index in [9.17, 15) is 0 Å². The molecule has 1 aliphatic heterocycles. The first-order chi connectivity index (χ1) is 9.34. The molecule has 2 N–H and O–H groups in total. The van der Waals surface area contributed by atoms with Gasteiger partial charge < -0.3 is 15.0 Å². The second-order valence-corrected chi connectivity index (χ2v) is 4.81. The second kappa shape index (κ2) is 5.46. The second-order valence-electron chi connectivity index (χ2n) is 4.81. The Morgan fingerprint density at radius 2 is 2.47 bits per heavy atom. The highest BCUT2D eigenvalue weighted by molar-refractivity contribution is 5.10. The minimum atomic E-state index is -0.0401. The lowest BCUT2D eigenvalue weighted by molar-refractivity contribution is 0.180. The maximum absolute atomic E-state index is 6.32. The number of rotatable bonds is 4. The van der Waals surface area contributed by atoms with Crippen molar-refractivity contribution in [2.45, 2.75) is 19.0 Å². The molecule has 0 amide bonds. The van der Waals surface area contributed by atoms with Crippen LogP contribution in [-0.2, 0) is 11.3 Å². The molecular weight excluding hydrogens is 242 g/mol. The number of hydrogen-bond donors (Lipinski definition) is 1. The average molecular weight is 259 g/mol. The minimum absolute atomic E-state index is 0.0401. The van der Waals surface area contributed by atoms with E-state index in [2.05, 4.69) is 15.2 Å². The molecule has 3 rings (SSSR count). The third-order valence-corrected chi connectivity index (χ3v) is 3.52. The third kappa shape index (κ3) is 2.64. The predicted octanol–water partition coefficient (Wildman–Crippen LogP) is 0.758. The maximum Gasteiger partial charge on any atom is 0.0952 e. The molecule has 6 nitrogen and oxygen atoms in total. The zero-order valence-electron chi connectivity index (χ0n) is 10.6. The molecule has 2 unspecified atom stereocenters. The van der Waals surface area contributed by atoms with E-state index < -0.39 is 0 Å². The van der Waals surface area contributed by atoms with Crippen LogP contribution in [0.5, 0.6) is 0 Å². The van der Waals surface area contributed by atoms with Crippen LogP contribution in [0.2, 0.25) is 0 Å². The number of imidazole rings is 1. The molecule has 2 aromatic rings. The summed E-state index contributed by atoms with van der Waals surface area (Å²) in [6.45, 7) is 2.18. The van der Waals surface area contributed by atoms with Crippen molar-refractivity contribution >= 4 is 0 Å². The van der Waals surface area contributed by atoms with Crippen LogP contribution in [0.25, 0.3) is 0 Å². The molecule has 0 saturated carbocycles. The van der Waals surface area contributed by atoms with Crippen molar-refractivity contribution in [3.8, 4) is 0 Å². The Morgan fingerprint density at radius 3 is 3.21 bits per heavy atom. The monoisotopic (exact) mass is 259 g/mol. The highest BCUT2D eigenvalue weighted by Crippen LogP contribution is 2.26. The Balaban J connectivity index is 1.78. The number of nitrogens with two attached hydrogens (primary N) is 1. The Hall–Kier alpha value is -1.79. The van der Waals surface area contributed by atoms with Gasteiger partial charge in [0.05, 0.1) is 36.9 Å². The molecule has 3 heterocycles. The number of nitrogens with zero attached hydrogens (tertiary/aromatic N) is 4. The van der Waals surface area contributed by atoms with Crippen molar-refractivity contribution in [2.75, 3.05) is 13.2 Å².